The Balaban J connectivity index is 2.19. The number of ether oxygens (including phenoxy) is 1. The van der Waals surface area contributed by atoms with Crippen LogP contribution in [-0.2, 0) is 16.0 Å². The lowest BCUT2D eigenvalue weighted by molar-refractivity contribution is -0.120. The van der Waals surface area contributed by atoms with Crippen LogP contribution in [0.3, 0.4) is 0 Å². The van der Waals surface area contributed by atoms with Crippen molar-refractivity contribution in [1.82, 2.24) is 10.6 Å². The van der Waals surface area contributed by atoms with Crippen LogP contribution in [0.2, 0.25) is 0 Å². The number of amides is 2. The summed E-state index contributed by atoms with van der Waals surface area (Å²) in [7, 11) is 0. The van der Waals surface area contributed by atoms with Gasteiger partial charge in [0, 0.05) is 6.54 Å². The molecule has 0 atom stereocenters. The summed E-state index contributed by atoms with van der Waals surface area (Å²) in [4.78, 5) is 22.9. The van der Waals surface area contributed by atoms with Gasteiger partial charge in [-0.15, -0.1) is 0 Å². The van der Waals surface area contributed by atoms with Crippen LogP contribution >= 0.6 is 0 Å². The van der Waals surface area contributed by atoms with Gasteiger partial charge in [0.2, 0.25) is 5.91 Å². The highest BCUT2D eigenvalue weighted by atomic mass is 19.1. The van der Waals surface area contributed by atoms with Crippen molar-refractivity contribution >= 4 is 12.0 Å². The summed E-state index contributed by atoms with van der Waals surface area (Å²) in [5, 5.41) is 5.03. The summed E-state index contributed by atoms with van der Waals surface area (Å²) in [6.45, 7) is 5.51. The van der Waals surface area contributed by atoms with E-state index in [4.69, 9.17) is 4.74 Å². The Morgan fingerprint density at radius 2 is 1.76 bits per heavy atom. The average molecular weight is 296 g/mol. The molecular formula is C15H21FN2O3. The van der Waals surface area contributed by atoms with Crippen molar-refractivity contribution in [3.8, 4) is 0 Å². The van der Waals surface area contributed by atoms with E-state index >= 15 is 0 Å². The largest absolute Gasteiger partial charge is 0.444 e. The van der Waals surface area contributed by atoms with Crippen molar-refractivity contribution in [2.75, 3.05) is 13.1 Å². The summed E-state index contributed by atoms with van der Waals surface area (Å²) >= 11 is 0. The van der Waals surface area contributed by atoms with E-state index in [-0.39, 0.29) is 18.3 Å². The Labute approximate surface area is 123 Å². The molecule has 21 heavy (non-hydrogen) atoms. The number of carbonyl (C=O) groups excluding carboxylic acids is 2. The molecule has 5 nitrogen and oxygen atoms in total. The summed E-state index contributed by atoms with van der Waals surface area (Å²) < 4.78 is 17.7. The van der Waals surface area contributed by atoms with Crippen LogP contribution in [0.5, 0.6) is 0 Å². The molecule has 0 aliphatic heterocycles. The summed E-state index contributed by atoms with van der Waals surface area (Å²) in [5.74, 6) is -0.590. The summed E-state index contributed by atoms with van der Waals surface area (Å²) in [6, 6.07) is 6.09. The molecule has 0 unspecified atom stereocenters. The molecule has 116 valence electrons. The van der Waals surface area contributed by atoms with Gasteiger partial charge in [-0.2, -0.15) is 0 Å². The van der Waals surface area contributed by atoms with Gasteiger partial charge in [0.15, 0.2) is 0 Å². The van der Waals surface area contributed by atoms with Crippen LogP contribution in [0.1, 0.15) is 26.3 Å². The van der Waals surface area contributed by atoms with Gasteiger partial charge in [-0.1, -0.05) is 12.1 Å². The van der Waals surface area contributed by atoms with E-state index in [0.717, 1.165) is 5.56 Å². The van der Waals surface area contributed by atoms with E-state index in [1.54, 1.807) is 32.9 Å². The van der Waals surface area contributed by atoms with Crippen LogP contribution < -0.4 is 10.6 Å². The highest BCUT2D eigenvalue weighted by Gasteiger charge is 2.16. The molecule has 1 aromatic rings. The lowest BCUT2D eigenvalue weighted by atomic mass is 10.1. The minimum absolute atomic E-state index is 0.141. The average Bonchev–Trinajstić information content (AvgIpc) is 2.37. The van der Waals surface area contributed by atoms with Crippen molar-refractivity contribution in [2.24, 2.45) is 0 Å². The first-order valence-electron chi connectivity index (χ1n) is 6.74. The SMILES string of the molecule is CC(C)(C)OC(=O)NCC(=O)NCCc1ccc(F)cc1. The smallest absolute Gasteiger partial charge is 0.408 e. The summed E-state index contributed by atoms with van der Waals surface area (Å²) in [6.07, 6.45) is -0.0328. The third kappa shape index (κ3) is 7.91. The van der Waals surface area contributed by atoms with Gasteiger partial charge >= 0.3 is 6.09 Å². The molecule has 1 rings (SSSR count). The van der Waals surface area contributed by atoms with Crippen molar-refractivity contribution in [3.05, 3.63) is 35.6 Å². The van der Waals surface area contributed by atoms with E-state index in [1.807, 2.05) is 0 Å². The van der Waals surface area contributed by atoms with Crippen molar-refractivity contribution < 1.29 is 18.7 Å². The molecule has 2 amide bonds. The maximum absolute atomic E-state index is 12.7. The maximum Gasteiger partial charge on any atom is 0.408 e. The Bertz CT molecular complexity index is 481. The van der Waals surface area contributed by atoms with Gasteiger partial charge in [0.05, 0.1) is 6.54 Å². The van der Waals surface area contributed by atoms with Gasteiger partial charge in [-0.25, -0.2) is 9.18 Å². The van der Waals surface area contributed by atoms with Crippen LogP contribution in [0.25, 0.3) is 0 Å². The predicted octanol–water partition coefficient (Wildman–Crippen LogP) is 2.01. The highest BCUT2D eigenvalue weighted by Crippen LogP contribution is 2.06. The third-order valence-electron chi connectivity index (χ3n) is 2.44. The fraction of sp³-hybridized carbons (Fsp3) is 0.467. The topological polar surface area (TPSA) is 67.4 Å². The minimum Gasteiger partial charge on any atom is -0.444 e. The van der Waals surface area contributed by atoms with Gasteiger partial charge in [-0.05, 0) is 44.9 Å². The maximum atomic E-state index is 12.7. The number of alkyl carbamates (subject to hydrolysis) is 1. The van der Waals surface area contributed by atoms with E-state index < -0.39 is 11.7 Å². The fourth-order valence-electron chi connectivity index (χ4n) is 1.53. The van der Waals surface area contributed by atoms with Crippen molar-refractivity contribution in [3.63, 3.8) is 0 Å². The third-order valence-corrected chi connectivity index (χ3v) is 2.44. The Hall–Kier alpha value is -2.11. The van der Waals surface area contributed by atoms with E-state index in [1.165, 1.54) is 12.1 Å². The first-order chi connectivity index (χ1) is 9.76. The molecule has 0 aliphatic rings. The Morgan fingerprint density at radius 1 is 1.14 bits per heavy atom. The zero-order valence-electron chi connectivity index (χ0n) is 12.5. The van der Waals surface area contributed by atoms with Gasteiger partial charge in [-0.3, -0.25) is 4.79 Å². The number of carbonyl (C=O) groups is 2. The van der Waals surface area contributed by atoms with E-state index in [2.05, 4.69) is 10.6 Å². The minimum atomic E-state index is -0.629. The molecule has 0 aromatic heterocycles. The first-order valence-corrected chi connectivity index (χ1v) is 6.74. The van der Waals surface area contributed by atoms with Gasteiger partial charge < -0.3 is 15.4 Å². The molecular weight excluding hydrogens is 275 g/mol. The molecule has 0 saturated heterocycles. The number of rotatable bonds is 5. The van der Waals surface area contributed by atoms with Crippen LogP contribution in [-0.4, -0.2) is 30.7 Å². The zero-order valence-corrected chi connectivity index (χ0v) is 12.5. The second kappa shape index (κ2) is 7.61. The quantitative estimate of drug-likeness (QED) is 0.873. The van der Waals surface area contributed by atoms with Gasteiger partial charge in [0.25, 0.3) is 0 Å². The molecule has 0 saturated carbocycles. The molecule has 0 fully saturated rings. The number of nitrogens with one attached hydrogen (secondary N) is 2. The highest BCUT2D eigenvalue weighted by molar-refractivity contribution is 5.82. The fourth-order valence-corrected chi connectivity index (χ4v) is 1.53. The number of hydrogen-bond acceptors (Lipinski definition) is 3. The normalized spacial score (nSPS) is 10.9. The Morgan fingerprint density at radius 3 is 2.33 bits per heavy atom. The molecule has 1 aromatic carbocycles. The molecule has 0 bridgehead atoms. The Kier molecular flexibility index (Phi) is 6.14. The van der Waals surface area contributed by atoms with Gasteiger partial charge in [0.1, 0.15) is 11.4 Å². The molecule has 2 N–H and O–H groups in total. The van der Waals surface area contributed by atoms with E-state index in [9.17, 15) is 14.0 Å². The lowest BCUT2D eigenvalue weighted by Gasteiger charge is -2.19. The molecule has 0 heterocycles. The summed E-state index contributed by atoms with van der Waals surface area (Å²) in [5.41, 5.74) is 0.333. The van der Waals surface area contributed by atoms with Crippen LogP contribution in [0, 0.1) is 5.82 Å². The first kappa shape index (κ1) is 16.9. The van der Waals surface area contributed by atoms with E-state index in [0.29, 0.717) is 13.0 Å². The zero-order chi connectivity index (χ0) is 15.9. The lowest BCUT2D eigenvalue weighted by Crippen LogP contribution is -2.40. The molecule has 0 spiro atoms. The molecule has 6 heteroatoms. The van der Waals surface area contributed by atoms with Crippen LogP contribution in [0.4, 0.5) is 9.18 Å². The molecule has 0 radical (unpaired) electrons. The number of hydrogen-bond donors (Lipinski definition) is 2. The van der Waals surface area contributed by atoms with Crippen molar-refractivity contribution in [1.29, 1.82) is 0 Å². The monoisotopic (exact) mass is 296 g/mol. The second-order valence-corrected chi connectivity index (χ2v) is 5.58. The van der Waals surface area contributed by atoms with Crippen LogP contribution in [0.15, 0.2) is 24.3 Å². The van der Waals surface area contributed by atoms with Crippen molar-refractivity contribution in [2.45, 2.75) is 32.8 Å². The number of halogens is 1. The molecule has 0 aliphatic carbocycles. The predicted molar refractivity (Wildman–Crippen MR) is 77.4 cm³/mol. The second-order valence-electron chi connectivity index (χ2n) is 5.58. The number of benzene rings is 1. The standard InChI is InChI=1S/C15H21FN2O3/c1-15(2,3)21-14(20)18-10-13(19)17-9-8-11-4-6-12(16)7-5-11/h4-7H,8-10H2,1-3H3,(H,17,19)(H,18,20).